The van der Waals surface area contributed by atoms with E-state index in [0.717, 1.165) is 6.42 Å². The lowest BCUT2D eigenvalue weighted by molar-refractivity contribution is 0.0671. The molecule has 0 N–H and O–H groups in total. The first-order valence-corrected chi connectivity index (χ1v) is 4.02. The molecule has 1 fully saturated rings. The summed E-state index contributed by atoms with van der Waals surface area (Å²) in [7, 11) is 0. The van der Waals surface area contributed by atoms with Gasteiger partial charge in [-0.05, 0) is 18.8 Å². The molecule has 0 aromatic heterocycles. The largest absolute Gasteiger partial charge is 0.241 e. The smallest absolute Gasteiger partial charge is 0.210 e. The predicted octanol–water partition coefficient (Wildman–Crippen LogP) is 3.08. The van der Waals surface area contributed by atoms with Crippen molar-refractivity contribution in [2.45, 2.75) is 39.0 Å². The second kappa shape index (κ2) is 3.31. The highest BCUT2D eigenvalue weighted by molar-refractivity contribution is 4.77. The average molecular weight is 148 g/mol. The highest BCUT2D eigenvalue weighted by Gasteiger charge is 2.28. The van der Waals surface area contributed by atoms with Gasteiger partial charge in [0.2, 0.25) is 6.43 Å². The topological polar surface area (TPSA) is 0 Å². The van der Waals surface area contributed by atoms with Gasteiger partial charge in [0.05, 0.1) is 0 Å². The molecule has 0 heterocycles. The maximum Gasteiger partial charge on any atom is 0.241 e. The number of rotatable bonds is 4. The van der Waals surface area contributed by atoms with Crippen molar-refractivity contribution >= 4 is 0 Å². The third-order valence-corrected chi connectivity index (χ3v) is 2.21. The monoisotopic (exact) mass is 148 g/mol. The van der Waals surface area contributed by atoms with E-state index in [1.54, 1.807) is 0 Å². The minimum atomic E-state index is -2.09. The predicted molar refractivity (Wildman–Crippen MR) is 37.1 cm³/mol. The molecule has 1 saturated carbocycles. The van der Waals surface area contributed by atoms with Gasteiger partial charge in [0.25, 0.3) is 0 Å². The number of hydrogen-bond donors (Lipinski definition) is 0. The molecule has 0 aromatic carbocycles. The van der Waals surface area contributed by atoms with E-state index in [0.29, 0.717) is 12.3 Å². The molecule has 2 heteroatoms. The van der Waals surface area contributed by atoms with Gasteiger partial charge >= 0.3 is 0 Å². The van der Waals surface area contributed by atoms with E-state index in [2.05, 4.69) is 0 Å². The Kier molecular flexibility index (Phi) is 2.64. The second-order valence-electron chi connectivity index (χ2n) is 3.18. The lowest BCUT2D eigenvalue weighted by atomic mass is 10.0. The summed E-state index contributed by atoms with van der Waals surface area (Å²) in [6.07, 6.45) is 1.67. The Balaban J connectivity index is 2.17. The zero-order valence-corrected chi connectivity index (χ0v) is 6.32. The Bertz CT molecular complexity index is 97.4. The first-order valence-electron chi connectivity index (χ1n) is 4.02. The van der Waals surface area contributed by atoms with E-state index in [4.69, 9.17) is 0 Å². The van der Waals surface area contributed by atoms with E-state index in [-0.39, 0.29) is 5.92 Å². The molecular formula is C8H14F2. The molecule has 1 atom stereocenters. The van der Waals surface area contributed by atoms with Crippen LogP contribution in [0.3, 0.4) is 0 Å². The van der Waals surface area contributed by atoms with E-state index in [1.165, 1.54) is 12.8 Å². The molecule has 0 spiro atoms. The van der Waals surface area contributed by atoms with Crippen molar-refractivity contribution in [1.82, 2.24) is 0 Å². The summed E-state index contributed by atoms with van der Waals surface area (Å²) in [6.45, 7) is 1.85. The van der Waals surface area contributed by atoms with Crippen molar-refractivity contribution < 1.29 is 8.78 Å². The molecule has 10 heavy (non-hydrogen) atoms. The average Bonchev–Trinajstić information content (AvgIpc) is 2.64. The van der Waals surface area contributed by atoms with E-state index in [9.17, 15) is 8.78 Å². The first-order chi connectivity index (χ1) is 4.74. The molecule has 1 aliphatic rings. The summed E-state index contributed by atoms with van der Waals surface area (Å²) < 4.78 is 24.2. The molecule has 1 unspecified atom stereocenters. The van der Waals surface area contributed by atoms with Gasteiger partial charge in [-0.15, -0.1) is 0 Å². The lowest BCUT2D eigenvalue weighted by Gasteiger charge is -2.11. The standard InChI is InChI=1S/C8H14F2/c1-2-7(8(9)10)5-6-3-4-6/h6-8H,2-5H2,1H3. The summed E-state index contributed by atoms with van der Waals surface area (Å²) in [5, 5.41) is 0. The van der Waals surface area contributed by atoms with Gasteiger partial charge in [0.1, 0.15) is 0 Å². The maximum atomic E-state index is 12.1. The second-order valence-corrected chi connectivity index (χ2v) is 3.18. The normalized spacial score (nSPS) is 21.6. The van der Waals surface area contributed by atoms with Crippen molar-refractivity contribution in [3.05, 3.63) is 0 Å². The fourth-order valence-corrected chi connectivity index (χ4v) is 1.23. The summed E-state index contributed by atoms with van der Waals surface area (Å²) >= 11 is 0. The van der Waals surface area contributed by atoms with Crippen LogP contribution in [0, 0.1) is 11.8 Å². The molecule has 0 amide bonds. The Morgan fingerprint density at radius 3 is 2.30 bits per heavy atom. The van der Waals surface area contributed by atoms with Gasteiger partial charge < -0.3 is 0 Å². The molecule has 1 aliphatic carbocycles. The first kappa shape index (κ1) is 7.96. The van der Waals surface area contributed by atoms with E-state index >= 15 is 0 Å². The molecule has 0 nitrogen and oxygen atoms in total. The van der Waals surface area contributed by atoms with Crippen molar-refractivity contribution in [3.8, 4) is 0 Å². The van der Waals surface area contributed by atoms with Gasteiger partial charge in [0.15, 0.2) is 0 Å². The molecule has 0 bridgehead atoms. The minimum Gasteiger partial charge on any atom is -0.210 e. The third-order valence-electron chi connectivity index (χ3n) is 2.21. The Hall–Kier alpha value is -0.140. The van der Waals surface area contributed by atoms with Crippen LogP contribution in [0.15, 0.2) is 0 Å². The van der Waals surface area contributed by atoms with Crippen molar-refractivity contribution in [1.29, 1.82) is 0 Å². The summed E-state index contributed by atoms with van der Waals surface area (Å²) in [5.74, 6) is 0.312. The van der Waals surface area contributed by atoms with Crippen molar-refractivity contribution in [2.24, 2.45) is 11.8 Å². The van der Waals surface area contributed by atoms with Crippen molar-refractivity contribution in [2.75, 3.05) is 0 Å². The molecule has 0 radical (unpaired) electrons. The van der Waals surface area contributed by atoms with Crippen LogP contribution in [0.1, 0.15) is 32.6 Å². The summed E-state index contributed by atoms with van der Waals surface area (Å²) in [4.78, 5) is 0. The molecule has 60 valence electrons. The van der Waals surface area contributed by atoms with Gasteiger partial charge in [-0.2, -0.15) is 0 Å². The van der Waals surface area contributed by atoms with Gasteiger partial charge in [0, 0.05) is 5.92 Å². The van der Waals surface area contributed by atoms with Crippen LogP contribution < -0.4 is 0 Å². The van der Waals surface area contributed by atoms with Gasteiger partial charge in [-0.3, -0.25) is 0 Å². The highest BCUT2D eigenvalue weighted by atomic mass is 19.3. The molecule has 0 aliphatic heterocycles. The molecular weight excluding hydrogens is 134 g/mol. The molecule has 1 rings (SSSR count). The summed E-state index contributed by atoms with van der Waals surface area (Å²) in [5.41, 5.74) is 0. The van der Waals surface area contributed by atoms with Crippen LogP contribution in [0.4, 0.5) is 8.78 Å². The quantitative estimate of drug-likeness (QED) is 0.574. The van der Waals surface area contributed by atoms with Crippen LogP contribution in [0.25, 0.3) is 0 Å². The lowest BCUT2D eigenvalue weighted by Crippen LogP contribution is -2.10. The zero-order valence-electron chi connectivity index (χ0n) is 6.32. The highest BCUT2D eigenvalue weighted by Crippen LogP contribution is 2.37. The zero-order chi connectivity index (χ0) is 7.56. The SMILES string of the molecule is CCC(CC1CC1)C(F)F. The fraction of sp³-hybridized carbons (Fsp3) is 1.00. The fourth-order valence-electron chi connectivity index (χ4n) is 1.23. The Labute approximate surface area is 60.6 Å². The third kappa shape index (κ3) is 2.24. The van der Waals surface area contributed by atoms with E-state index in [1.807, 2.05) is 6.92 Å². The van der Waals surface area contributed by atoms with Gasteiger partial charge in [-0.1, -0.05) is 19.8 Å². The van der Waals surface area contributed by atoms with E-state index < -0.39 is 6.43 Å². The number of alkyl halides is 2. The minimum absolute atomic E-state index is 0.326. The van der Waals surface area contributed by atoms with Crippen LogP contribution in [0.5, 0.6) is 0 Å². The van der Waals surface area contributed by atoms with Crippen LogP contribution in [-0.2, 0) is 0 Å². The van der Waals surface area contributed by atoms with Crippen molar-refractivity contribution in [3.63, 3.8) is 0 Å². The maximum absolute atomic E-state index is 12.1. The van der Waals surface area contributed by atoms with Crippen LogP contribution >= 0.6 is 0 Å². The Morgan fingerprint density at radius 1 is 1.40 bits per heavy atom. The molecule has 0 aromatic rings. The van der Waals surface area contributed by atoms with Gasteiger partial charge in [-0.25, -0.2) is 8.78 Å². The summed E-state index contributed by atoms with van der Waals surface area (Å²) in [6, 6.07) is 0. The number of hydrogen-bond acceptors (Lipinski definition) is 0. The molecule has 0 saturated heterocycles. The van der Waals surface area contributed by atoms with Crippen LogP contribution in [-0.4, -0.2) is 6.43 Å². The van der Waals surface area contributed by atoms with Crippen LogP contribution in [0.2, 0.25) is 0 Å². The number of halogens is 2. The Morgan fingerprint density at radius 2 is 2.00 bits per heavy atom.